The third-order valence-corrected chi connectivity index (χ3v) is 1.30. The van der Waals surface area contributed by atoms with Crippen LogP contribution >= 0.6 is 0 Å². The van der Waals surface area contributed by atoms with Crippen molar-refractivity contribution >= 4 is 5.78 Å². The summed E-state index contributed by atoms with van der Waals surface area (Å²) in [6.45, 7) is 4.98. The van der Waals surface area contributed by atoms with Crippen LogP contribution in [0.2, 0.25) is 0 Å². The van der Waals surface area contributed by atoms with Gasteiger partial charge in [-0.05, 0) is 19.8 Å². The lowest BCUT2D eigenvalue weighted by Gasteiger charge is -2.01. The largest absolute Gasteiger partial charge is 0.389 e. The minimum absolute atomic E-state index is 0.177. The molecule has 2 heteroatoms. The van der Waals surface area contributed by atoms with Gasteiger partial charge < -0.3 is 9.90 Å². The first-order chi connectivity index (χ1) is 4.66. The van der Waals surface area contributed by atoms with Gasteiger partial charge in [-0.2, -0.15) is 0 Å². The van der Waals surface area contributed by atoms with Gasteiger partial charge in [0.1, 0.15) is 5.78 Å². The molecule has 0 fully saturated rings. The van der Waals surface area contributed by atoms with E-state index in [9.17, 15) is 4.79 Å². The van der Waals surface area contributed by atoms with E-state index in [4.69, 9.17) is 5.11 Å². The Bertz CT molecular complexity index is 118. The molecule has 0 aliphatic rings. The molecule has 0 saturated carbocycles. The summed E-state index contributed by atoms with van der Waals surface area (Å²) in [5, 5.41) is 8.94. The molecule has 0 saturated heterocycles. The molecule has 2 nitrogen and oxygen atoms in total. The first-order valence-electron chi connectivity index (χ1n) is 3.47. The van der Waals surface area contributed by atoms with E-state index >= 15 is 0 Å². The number of hydrogen-bond acceptors (Lipinski definition) is 2. The van der Waals surface area contributed by atoms with Crippen molar-refractivity contribution in [2.75, 3.05) is 0 Å². The maximum absolute atomic E-state index is 10.4. The zero-order valence-electron chi connectivity index (χ0n) is 6.34. The van der Waals surface area contributed by atoms with Crippen molar-refractivity contribution in [3.05, 3.63) is 12.7 Å². The Balaban J connectivity index is 3.19. The van der Waals surface area contributed by atoms with E-state index in [1.807, 2.05) is 0 Å². The van der Waals surface area contributed by atoms with Crippen molar-refractivity contribution in [2.45, 2.75) is 32.3 Å². The molecule has 1 atom stereocenters. The fraction of sp³-hybridized carbons (Fsp3) is 0.625. The van der Waals surface area contributed by atoms with Gasteiger partial charge in [-0.15, -0.1) is 6.58 Å². The van der Waals surface area contributed by atoms with Crippen LogP contribution in [0.15, 0.2) is 12.7 Å². The summed E-state index contributed by atoms with van der Waals surface area (Å²) in [7, 11) is 0. The summed E-state index contributed by atoms with van der Waals surface area (Å²) in [5.41, 5.74) is 0. The van der Waals surface area contributed by atoms with E-state index in [-0.39, 0.29) is 5.78 Å². The lowest BCUT2D eigenvalue weighted by Crippen LogP contribution is -2.02. The van der Waals surface area contributed by atoms with Gasteiger partial charge in [0, 0.05) is 6.42 Å². The molecule has 0 amide bonds. The maximum Gasteiger partial charge on any atom is 0.129 e. The molecule has 0 aliphatic carbocycles. The molecule has 0 radical (unpaired) electrons. The minimum atomic E-state index is -0.445. The smallest absolute Gasteiger partial charge is 0.129 e. The lowest BCUT2D eigenvalue weighted by atomic mass is 10.1. The zero-order chi connectivity index (χ0) is 7.98. The van der Waals surface area contributed by atoms with Crippen LogP contribution in [0.1, 0.15) is 26.2 Å². The molecule has 0 aromatic heterocycles. The van der Waals surface area contributed by atoms with Crippen molar-refractivity contribution in [2.24, 2.45) is 0 Å². The Hall–Kier alpha value is -0.630. The molecule has 1 unspecified atom stereocenters. The molecule has 0 aromatic carbocycles. The van der Waals surface area contributed by atoms with Crippen molar-refractivity contribution in [1.82, 2.24) is 0 Å². The molecule has 0 spiro atoms. The predicted molar refractivity (Wildman–Crippen MR) is 40.7 cm³/mol. The first-order valence-corrected chi connectivity index (χ1v) is 3.47. The molecular weight excluding hydrogens is 128 g/mol. The number of Topliss-reactive ketones (excluding diaryl/α,β-unsaturated/α-hetero) is 1. The number of carbonyl (C=O) groups excluding carboxylic acids is 1. The quantitative estimate of drug-likeness (QED) is 0.587. The van der Waals surface area contributed by atoms with Gasteiger partial charge in [-0.1, -0.05) is 6.08 Å². The van der Waals surface area contributed by atoms with E-state index in [1.165, 1.54) is 6.08 Å². The molecule has 0 bridgehead atoms. The number of aliphatic hydroxyl groups is 1. The van der Waals surface area contributed by atoms with Crippen LogP contribution in [0.25, 0.3) is 0 Å². The van der Waals surface area contributed by atoms with E-state index in [0.29, 0.717) is 12.8 Å². The van der Waals surface area contributed by atoms with Gasteiger partial charge in [0.15, 0.2) is 0 Å². The van der Waals surface area contributed by atoms with E-state index in [0.717, 1.165) is 6.42 Å². The summed E-state index contributed by atoms with van der Waals surface area (Å²) in [5.74, 6) is 0.177. The highest BCUT2D eigenvalue weighted by atomic mass is 16.3. The third-order valence-electron chi connectivity index (χ3n) is 1.30. The van der Waals surface area contributed by atoms with Gasteiger partial charge in [0.2, 0.25) is 0 Å². The van der Waals surface area contributed by atoms with Gasteiger partial charge in [0.05, 0.1) is 6.10 Å². The van der Waals surface area contributed by atoms with Gasteiger partial charge >= 0.3 is 0 Å². The zero-order valence-corrected chi connectivity index (χ0v) is 6.34. The van der Waals surface area contributed by atoms with E-state index in [1.54, 1.807) is 6.92 Å². The molecule has 0 aliphatic heterocycles. The normalized spacial score (nSPS) is 12.6. The Morgan fingerprint density at radius 1 is 1.80 bits per heavy atom. The fourth-order valence-electron chi connectivity index (χ4n) is 0.678. The molecule has 0 aromatic rings. The molecule has 58 valence electrons. The fourth-order valence-corrected chi connectivity index (χ4v) is 0.678. The highest BCUT2D eigenvalue weighted by molar-refractivity contribution is 5.75. The van der Waals surface area contributed by atoms with Gasteiger partial charge in [0.25, 0.3) is 0 Å². The van der Waals surface area contributed by atoms with Crippen LogP contribution < -0.4 is 0 Å². The second-order valence-electron chi connectivity index (χ2n) is 2.40. The average Bonchev–Trinajstić information content (AvgIpc) is 1.87. The van der Waals surface area contributed by atoms with Crippen molar-refractivity contribution in [3.63, 3.8) is 0 Å². The van der Waals surface area contributed by atoms with Crippen molar-refractivity contribution in [3.8, 4) is 0 Å². The summed E-state index contributed by atoms with van der Waals surface area (Å²) < 4.78 is 0. The predicted octanol–water partition coefficient (Wildman–Crippen LogP) is 1.29. The Labute approximate surface area is 61.6 Å². The Morgan fingerprint density at radius 2 is 2.40 bits per heavy atom. The molecule has 0 heterocycles. The first kappa shape index (κ1) is 9.37. The number of aliphatic hydroxyl groups excluding tert-OH is 1. The monoisotopic (exact) mass is 142 g/mol. The van der Waals surface area contributed by atoms with E-state index < -0.39 is 6.10 Å². The number of ketones is 1. The maximum atomic E-state index is 10.4. The molecular formula is C8H14O2. The van der Waals surface area contributed by atoms with Gasteiger partial charge in [-0.25, -0.2) is 0 Å². The number of rotatable bonds is 5. The standard InChI is InChI=1S/C8H14O2/c1-3-8(10)6-4-5-7(2)9/h3,8,10H,1,4-6H2,2H3. The average molecular weight is 142 g/mol. The molecule has 1 N–H and O–H groups in total. The van der Waals surface area contributed by atoms with Crippen LogP contribution in [-0.2, 0) is 4.79 Å². The number of carbonyl (C=O) groups is 1. The third kappa shape index (κ3) is 5.51. The van der Waals surface area contributed by atoms with Gasteiger partial charge in [-0.3, -0.25) is 0 Å². The number of hydrogen-bond donors (Lipinski definition) is 1. The topological polar surface area (TPSA) is 37.3 Å². The second-order valence-corrected chi connectivity index (χ2v) is 2.40. The van der Waals surface area contributed by atoms with Crippen molar-refractivity contribution in [1.29, 1.82) is 0 Å². The summed E-state index contributed by atoms with van der Waals surface area (Å²) in [6, 6.07) is 0. The highest BCUT2D eigenvalue weighted by Crippen LogP contribution is 2.01. The molecule has 10 heavy (non-hydrogen) atoms. The SMILES string of the molecule is C=CC(O)CCCC(C)=O. The molecule has 0 rings (SSSR count). The van der Waals surface area contributed by atoms with Crippen LogP contribution in [0.3, 0.4) is 0 Å². The highest BCUT2D eigenvalue weighted by Gasteiger charge is 1.98. The summed E-state index contributed by atoms with van der Waals surface area (Å²) >= 11 is 0. The van der Waals surface area contributed by atoms with E-state index in [2.05, 4.69) is 6.58 Å². The van der Waals surface area contributed by atoms with Crippen LogP contribution in [0.4, 0.5) is 0 Å². The Kier molecular flexibility index (Phi) is 4.85. The Morgan fingerprint density at radius 3 is 2.80 bits per heavy atom. The summed E-state index contributed by atoms with van der Waals surface area (Å²) in [4.78, 5) is 10.4. The summed E-state index contributed by atoms with van der Waals surface area (Å²) in [6.07, 6.45) is 3.00. The van der Waals surface area contributed by atoms with Crippen molar-refractivity contribution < 1.29 is 9.90 Å². The van der Waals surface area contributed by atoms with Crippen LogP contribution in [0.5, 0.6) is 0 Å². The van der Waals surface area contributed by atoms with Crippen LogP contribution in [-0.4, -0.2) is 17.0 Å². The lowest BCUT2D eigenvalue weighted by molar-refractivity contribution is -0.117. The second kappa shape index (κ2) is 5.18. The van der Waals surface area contributed by atoms with Crippen LogP contribution in [0, 0.1) is 0 Å². The minimum Gasteiger partial charge on any atom is -0.389 e.